The van der Waals surface area contributed by atoms with Gasteiger partial charge in [-0.05, 0) is 45.2 Å². The van der Waals surface area contributed by atoms with Gasteiger partial charge in [-0.25, -0.2) is 0 Å². The number of carbonyl (C=O) groups excluding carboxylic acids is 1. The monoisotopic (exact) mass is 474 g/mol. The topological polar surface area (TPSA) is 72.9 Å². The molecule has 0 amide bonds. The van der Waals surface area contributed by atoms with Crippen LogP contribution in [0.5, 0.6) is 0 Å². The second-order valence-electron chi connectivity index (χ2n) is 3.37. The van der Waals surface area contributed by atoms with Crippen molar-refractivity contribution in [3.05, 3.63) is 30.9 Å². The van der Waals surface area contributed by atoms with Gasteiger partial charge in [0, 0.05) is 19.7 Å². The minimum absolute atomic E-state index is 0.0755. The number of aliphatic hydroxyl groups excluding tert-OH is 1. The fraction of sp³-hybridized carbons (Fsp3) is 0.300. The Morgan fingerprint density at radius 2 is 1.78 bits per heavy atom. The van der Waals surface area contributed by atoms with Crippen LogP contribution in [-0.2, 0) is 20.7 Å². The molecular weight excluding hydrogens is 462 g/mol. The maximum atomic E-state index is 10.2. The van der Waals surface area contributed by atoms with Crippen LogP contribution in [0.1, 0.15) is 15.9 Å². The fourth-order valence-corrected chi connectivity index (χ4v) is 1.92. The first-order valence-electron chi connectivity index (χ1n) is 4.91. The molecule has 0 atom stereocenters. The molecule has 2 aromatic heterocycles. The molecule has 2 heterocycles. The van der Waals surface area contributed by atoms with Crippen LogP contribution in [0.4, 0.5) is 0 Å². The number of aryl methyl sites for hydroxylation is 2. The molecule has 0 aliphatic carbocycles. The summed E-state index contributed by atoms with van der Waals surface area (Å²) in [7, 11) is 3.65. The van der Waals surface area contributed by atoms with E-state index in [0.717, 1.165) is 19.3 Å². The Kier molecular flexibility index (Phi) is 6.21. The molecule has 2 rings (SSSR count). The van der Waals surface area contributed by atoms with E-state index < -0.39 is 0 Å². The highest BCUT2D eigenvalue weighted by molar-refractivity contribution is 14.1. The summed E-state index contributed by atoms with van der Waals surface area (Å²) in [5, 5.41) is 16.5. The Labute approximate surface area is 132 Å². The molecule has 0 saturated heterocycles. The summed E-state index contributed by atoms with van der Waals surface area (Å²) < 4.78 is 5.26. The molecule has 0 aliphatic rings. The van der Waals surface area contributed by atoms with Gasteiger partial charge in [-0.1, -0.05) is 0 Å². The first-order valence-corrected chi connectivity index (χ1v) is 7.07. The van der Waals surface area contributed by atoms with Gasteiger partial charge in [0.25, 0.3) is 0 Å². The van der Waals surface area contributed by atoms with Crippen molar-refractivity contribution >= 4 is 51.5 Å². The zero-order chi connectivity index (χ0) is 13.7. The number of rotatable bonds is 2. The van der Waals surface area contributed by atoms with E-state index >= 15 is 0 Å². The number of nitrogens with zero attached hydrogens (tertiary/aromatic N) is 4. The molecule has 0 aromatic carbocycles. The average Bonchev–Trinajstić information content (AvgIpc) is 2.86. The van der Waals surface area contributed by atoms with E-state index in [0.29, 0.717) is 5.56 Å². The predicted molar refractivity (Wildman–Crippen MR) is 83.2 cm³/mol. The largest absolute Gasteiger partial charge is 0.392 e. The predicted octanol–water partition coefficient (Wildman–Crippen LogP) is 1.35. The third-order valence-corrected chi connectivity index (χ3v) is 4.84. The highest BCUT2D eigenvalue weighted by atomic mass is 127. The van der Waals surface area contributed by atoms with E-state index in [1.807, 2.05) is 7.05 Å². The summed E-state index contributed by atoms with van der Waals surface area (Å²) in [6.07, 6.45) is 4.02. The second kappa shape index (κ2) is 7.19. The van der Waals surface area contributed by atoms with Crippen LogP contribution in [-0.4, -0.2) is 31.0 Å². The minimum Gasteiger partial charge on any atom is -0.392 e. The number of hydrogen-bond donors (Lipinski definition) is 1. The Morgan fingerprint density at radius 1 is 1.22 bits per heavy atom. The third kappa shape index (κ3) is 3.75. The zero-order valence-electron chi connectivity index (χ0n) is 9.84. The first-order chi connectivity index (χ1) is 8.51. The molecule has 1 N–H and O–H groups in total. The van der Waals surface area contributed by atoms with Crippen LogP contribution in [0, 0.1) is 7.40 Å². The third-order valence-electron chi connectivity index (χ3n) is 2.13. The zero-order valence-corrected chi connectivity index (χ0v) is 14.2. The van der Waals surface area contributed by atoms with Gasteiger partial charge < -0.3 is 5.11 Å². The Balaban J connectivity index is 0.000000180. The van der Waals surface area contributed by atoms with E-state index in [2.05, 4.69) is 55.4 Å². The second-order valence-corrected chi connectivity index (χ2v) is 5.42. The maximum Gasteiger partial charge on any atom is 0.154 e. The molecule has 0 saturated carbocycles. The van der Waals surface area contributed by atoms with Crippen LogP contribution in [0.15, 0.2) is 12.4 Å². The van der Waals surface area contributed by atoms with Crippen molar-refractivity contribution in [1.29, 1.82) is 0 Å². The van der Waals surface area contributed by atoms with Gasteiger partial charge in [0.05, 0.1) is 24.6 Å². The summed E-state index contributed by atoms with van der Waals surface area (Å²) in [6, 6.07) is 0. The van der Waals surface area contributed by atoms with Crippen molar-refractivity contribution in [3.8, 4) is 0 Å². The van der Waals surface area contributed by atoms with Crippen molar-refractivity contribution < 1.29 is 9.90 Å². The lowest BCUT2D eigenvalue weighted by atomic mass is 10.4. The smallest absolute Gasteiger partial charge is 0.154 e. The Hall–Kier alpha value is -0.490. The normalized spacial score (nSPS) is 9.83. The van der Waals surface area contributed by atoms with Crippen LogP contribution in [0.3, 0.4) is 0 Å². The van der Waals surface area contributed by atoms with Crippen molar-refractivity contribution in [2.75, 3.05) is 0 Å². The lowest BCUT2D eigenvalue weighted by Gasteiger charge is -1.91. The summed E-state index contributed by atoms with van der Waals surface area (Å²) in [4.78, 5) is 10.2. The van der Waals surface area contributed by atoms with Gasteiger partial charge >= 0.3 is 0 Å². The standard InChI is InChI=1S/C5H7IN2O.C5H5IN2O/c2*1-8-5(6)4(3-9)2-7-8/h2,9H,3H2,1H3;2-3H,1H3. The van der Waals surface area contributed by atoms with Gasteiger partial charge in [-0.2, -0.15) is 10.2 Å². The molecule has 0 radical (unpaired) electrons. The molecule has 18 heavy (non-hydrogen) atoms. The van der Waals surface area contributed by atoms with E-state index in [1.165, 1.54) is 0 Å². The molecule has 0 fully saturated rings. The van der Waals surface area contributed by atoms with Crippen molar-refractivity contribution in [3.63, 3.8) is 0 Å². The van der Waals surface area contributed by atoms with Gasteiger partial charge in [-0.15, -0.1) is 0 Å². The van der Waals surface area contributed by atoms with Gasteiger partial charge in [0.1, 0.15) is 7.40 Å². The van der Waals surface area contributed by atoms with Gasteiger partial charge in [0.15, 0.2) is 6.29 Å². The number of hydrogen-bond acceptors (Lipinski definition) is 4. The summed E-state index contributed by atoms with van der Waals surface area (Å²) in [5.41, 5.74) is 1.54. The quantitative estimate of drug-likeness (QED) is 0.528. The number of aromatic nitrogens is 4. The van der Waals surface area contributed by atoms with E-state index in [1.54, 1.807) is 28.8 Å². The lowest BCUT2D eigenvalue weighted by Crippen LogP contribution is -1.93. The molecule has 0 bridgehead atoms. The van der Waals surface area contributed by atoms with Crippen LogP contribution >= 0.6 is 45.2 Å². The fourth-order valence-electron chi connectivity index (χ4n) is 1.09. The number of carbonyl (C=O) groups is 1. The highest BCUT2D eigenvalue weighted by Gasteiger charge is 2.01. The first kappa shape index (κ1) is 15.6. The molecule has 8 heteroatoms. The summed E-state index contributed by atoms with van der Waals surface area (Å²) in [6.45, 7) is 0.0755. The summed E-state index contributed by atoms with van der Waals surface area (Å²) in [5.74, 6) is 0. The SMILES string of the molecule is Cn1ncc(C=O)c1I.Cn1ncc(CO)c1I. The molecule has 2 aromatic rings. The van der Waals surface area contributed by atoms with Crippen molar-refractivity contribution in [1.82, 2.24) is 19.6 Å². The number of aldehydes is 1. The van der Waals surface area contributed by atoms with Crippen molar-refractivity contribution in [2.24, 2.45) is 14.1 Å². The van der Waals surface area contributed by atoms with Crippen LogP contribution in [0.2, 0.25) is 0 Å². The van der Waals surface area contributed by atoms with Crippen LogP contribution < -0.4 is 0 Å². The minimum atomic E-state index is 0.0755. The van der Waals surface area contributed by atoms with E-state index in [4.69, 9.17) is 5.11 Å². The molecule has 0 aliphatic heterocycles. The van der Waals surface area contributed by atoms with Crippen LogP contribution in [0.25, 0.3) is 0 Å². The summed E-state index contributed by atoms with van der Waals surface area (Å²) >= 11 is 4.21. The van der Waals surface area contributed by atoms with Crippen molar-refractivity contribution in [2.45, 2.75) is 6.61 Å². The molecular formula is C10H12I2N4O2. The molecule has 0 spiro atoms. The van der Waals surface area contributed by atoms with E-state index in [9.17, 15) is 4.79 Å². The molecule has 0 unspecified atom stereocenters. The molecule has 6 nitrogen and oxygen atoms in total. The maximum absolute atomic E-state index is 10.2. The number of aliphatic hydroxyl groups is 1. The van der Waals surface area contributed by atoms with Gasteiger partial charge in [0.2, 0.25) is 0 Å². The highest BCUT2D eigenvalue weighted by Crippen LogP contribution is 2.09. The average molecular weight is 474 g/mol. The molecule has 98 valence electrons. The van der Waals surface area contributed by atoms with Gasteiger partial charge in [-0.3, -0.25) is 14.2 Å². The Bertz CT molecular complexity index is 536. The lowest BCUT2D eigenvalue weighted by molar-refractivity contribution is 0.112. The van der Waals surface area contributed by atoms with E-state index in [-0.39, 0.29) is 6.61 Å². The number of halogens is 2. The Morgan fingerprint density at radius 3 is 2.00 bits per heavy atom.